The van der Waals surface area contributed by atoms with Crippen molar-refractivity contribution in [2.75, 3.05) is 131 Å². The molecule has 2 unspecified atom stereocenters. The Kier molecular flexibility index (Phi) is 36.3. The number of ether oxygens (including phenoxy) is 10. The van der Waals surface area contributed by atoms with Gasteiger partial charge in [-0.25, -0.2) is 24.2 Å². The third kappa shape index (κ3) is 27.6. The molecular formula is C91H130N12O19. The number of aromatic nitrogens is 5. The number of amides is 4. The Morgan fingerprint density at radius 2 is 1.42 bits per heavy atom. The van der Waals surface area contributed by atoms with Crippen LogP contribution in [0.4, 0.5) is 16.6 Å². The van der Waals surface area contributed by atoms with Crippen LogP contribution in [0.1, 0.15) is 180 Å². The molecule has 1 aliphatic carbocycles. The zero-order valence-electron chi connectivity index (χ0n) is 72.2. The molecule has 3 aromatic heterocycles. The molecule has 2 aromatic carbocycles. The predicted molar refractivity (Wildman–Crippen MR) is 458 cm³/mol. The zero-order valence-corrected chi connectivity index (χ0v) is 72.2. The summed E-state index contributed by atoms with van der Waals surface area (Å²) < 4.78 is 66.0. The number of allylic oxidation sites excluding steroid dienone is 6. The summed E-state index contributed by atoms with van der Waals surface area (Å²) in [7, 11) is 1.65. The highest BCUT2D eigenvalue weighted by Gasteiger charge is 2.43. The Balaban J connectivity index is 0.507. The van der Waals surface area contributed by atoms with Gasteiger partial charge in [0, 0.05) is 70.7 Å². The number of benzene rings is 2. The number of aliphatic hydroxyl groups is 1. The fourth-order valence-corrected chi connectivity index (χ4v) is 17.2. The van der Waals surface area contributed by atoms with Gasteiger partial charge in [0.25, 0.3) is 11.9 Å². The van der Waals surface area contributed by atoms with Crippen molar-refractivity contribution >= 4 is 75.3 Å². The Bertz CT molecular complexity index is 4390. The van der Waals surface area contributed by atoms with Gasteiger partial charge in [-0.15, -0.1) is 0 Å². The second-order valence-electron chi connectivity index (χ2n) is 33.8. The number of nitrogens with zero attached hydrogens (tertiary/aromatic N) is 8. The van der Waals surface area contributed by atoms with E-state index in [1.165, 1.54) is 16.8 Å². The largest absolute Gasteiger partial charge is 0.461 e. The van der Waals surface area contributed by atoms with Crippen molar-refractivity contribution in [1.82, 2.24) is 44.7 Å². The highest BCUT2D eigenvalue weighted by atomic mass is 16.6. The number of methoxy groups -OCH3 is 1. The topological polar surface area (TPSA) is 401 Å². The smallest absolute Gasteiger partial charge is 0.410 e. The zero-order chi connectivity index (χ0) is 86.5. The molecule has 31 nitrogen and oxygen atoms in total. The summed E-state index contributed by atoms with van der Waals surface area (Å²) in [5, 5.41) is 19.8. The minimum Gasteiger partial charge on any atom is -0.461 e. The van der Waals surface area contributed by atoms with Crippen molar-refractivity contribution in [3.63, 3.8) is 0 Å². The Morgan fingerprint density at radius 1 is 0.705 bits per heavy atom. The molecule has 1 saturated carbocycles. The predicted octanol–water partition coefficient (Wildman–Crippen LogP) is 10.2. The molecule has 4 amide bonds. The number of cyclic esters (lactones) is 1. The highest BCUT2D eigenvalue weighted by molar-refractivity contribution is 6.38. The maximum Gasteiger partial charge on any atom is 0.410 e. The maximum absolute atomic E-state index is 14.5. The van der Waals surface area contributed by atoms with Crippen molar-refractivity contribution in [1.29, 1.82) is 0 Å². The van der Waals surface area contributed by atoms with Gasteiger partial charge in [0.2, 0.25) is 17.6 Å². The summed E-state index contributed by atoms with van der Waals surface area (Å²) in [6.45, 7) is 16.9. The summed E-state index contributed by atoms with van der Waals surface area (Å²) in [6.07, 6.45) is 21.4. The number of anilines is 2. The van der Waals surface area contributed by atoms with Crippen LogP contribution in [0.15, 0.2) is 94.7 Å². The first-order valence-corrected chi connectivity index (χ1v) is 44.1. The van der Waals surface area contributed by atoms with Crippen molar-refractivity contribution in [2.45, 2.75) is 231 Å². The molecule has 8 N–H and O–H groups in total. The van der Waals surface area contributed by atoms with E-state index < -0.39 is 53.6 Å². The van der Waals surface area contributed by atoms with Gasteiger partial charge in [-0.1, -0.05) is 75.4 Å². The molecule has 31 heteroatoms. The number of rotatable bonds is 30. The third-order valence-corrected chi connectivity index (χ3v) is 24.5. The lowest BCUT2D eigenvalue weighted by molar-refractivity contribution is -0.167. The molecule has 5 aromatic rings. The van der Waals surface area contributed by atoms with E-state index in [0.717, 1.165) is 54.4 Å². The maximum atomic E-state index is 14.5. The van der Waals surface area contributed by atoms with Crippen LogP contribution >= 0.6 is 0 Å². The molecule has 9 atom stereocenters. The lowest BCUT2D eigenvalue weighted by Gasteiger charge is -2.38. The molecule has 6 aliphatic rings. The number of ketones is 2. The minimum atomic E-state index is -1.15. The van der Waals surface area contributed by atoms with Crippen LogP contribution in [0, 0.1) is 23.7 Å². The molecular weight excluding hydrogens is 1570 g/mol. The Labute approximate surface area is 716 Å². The number of piperidine rings is 2. The van der Waals surface area contributed by atoms with E-state index in [2.05, 4.69) is 58.4 Å². The molecule has 2 bridgehead atoms. The van der Waals surface area contributed by atoms with E-state index in [9.17, 15) is 38.7 Å². The van der Waals surface area contributed by atoms with Crippen LogP contribution in [-0.4, -0.2) is 253 Å². The van der Waals surface area contributed by atoms with Crippen molar-refractivity contribution in [2.24, 2.45) is 29.4 Å². The van der Waals surface area contributed by atoms with E-state index in [1.807, 2.05) is 72.9 Å². The van der Waals surface area contributed by atoms with E-state index in [-0.39, 0.29) is 124 Å². The van der Waals surface area contributed by atoms with Crippen LogP contribution in [0.3, 0.4) is 0 Å². The number of esters is 1. The number of nitrogens with two attached hydrogens (primary N) is 3. The lowest BCUT2D eigenvalue weighted by atomic mass is 9.83. The monoisotopic (exact) mass is 1690 g/mol. The van der Waals surface area contributed by atoms with Crippen LogP contribution in [0.25, 0.3) is 33.4 Å². The van der Waals surface area contributed by atoms with Gasteiger partial charge in [0.05, 0.1) is 121 Å². The second-order valence-corrected chi connectivity index (χ2v) is 33.8. The van der Waals surface area contributed by atoms with Crippen LogP contribution < -0.4 is 22.5 Å². The van der Waals surface area contributed by atoms with E-state index in [0.29, 0.717) is 209 Å². The van der Waals surface area contributed by atoms with Gasteiger partial charge >= 0.3 is 12.1 Å². The number of carbonyl (C=O) groups excluding carboxylic acids is 7. The van der Waals surface area contributed by atoms with Crippen LogP contribution in [0.2, 0.25) is 0 Å². The number of Topliss-reactive ketones (excluding diaryl/α,β-unsaturated/α-hetero) is 2. The van der Waals surface area contributed by atoms with Gasteiger partial charge < -0.3 is 94.1 Å². The molecule has 11 rings (SSSR count). The number of nitrogen functional groups attached to an aromatic ring is 2. The van der Waals surface area contributed by atoms with Gasteiger partial charge in [0.15, 0.2) is 11.2 Å². The normalized spacial score (nSPS) is 25.3. The molecule has 4 fully saturated rings. The van der Waals surface area contributed by atoms with E-state index in [4.69, 9.17) is 74.1 Å². The van der Waals surface area contributed by atoms with Crippen LogP contribution in [-0.2, 0) is 95.6 Å². The van der Waals surface area contributed by atoms with Gasteiger partial charge in [-0.05, 0) is 193 Å². The molecule has 668 valence electrons. The molecule has 3 saturated heterocycles. The number of carbonyl (C=O) groups is 7. The minimum absolute atomic E-state index is 0.00407. The van der Waals surface area contributed by atoms with Crippen molar-refractivity contribution in [3.05, 3.63) is 107 Å². The average Bonchev–Trinajstić information content (AvgIpc) is 1.61. The summed E-state index contributed by atoms with van der Waals surface area (Å²) in [6, 6.07) is 11.0. The summed E-state index contributed by atoms with van der Waals surface area (Å²) >= 11 is 0. The number of hydrogen-bond donors (Lipinski definition) is 5. The van der Waals surface area contributed by atoms with Gasteiger partial charge in [0.1, 0.15) is 53.5 Å². The molecule has 122 heavy (non-hydrogen) atoms. The Hall–Kier alpha value is -8.89. The first-order valence-electron chi connectivity index (χ1n) is 44.1. The molecule has 8 heterocycles. The molecule has 5 aliphatic heterocycles. The third-order valence-electron chi connectivity index (χ3n) is 24.5. The fraction of sp³-hybridized carbons (Fsp3) is 0.637. The van der Waals surface area contributed by atoms with Crippen LogP contribution in [0.5, 0.6) is 0 Å². The SMILES string of the molecule is CO[C@H]1CC2CCCC(O2)C(=O)C(=O)N2CCCC[C@H]2C(=O)O[C@H](CCC2CCC(OC(=O)N3CCC(N)(C(=O)NCCOCCOCCOCCOCCOCCOCCC(=O)N4CCc5cc(Cn6nc(-c7ccc8oc(N)nc8c7)c7c(N)ncnc76)ccc5C4)CC3)CC2)CC[C@H](C)/C=C(\C)[C@@H](O)CC(=O)[C@H](C)C[C@H](C)/C=C/C=CC=C1C. The standard InChI is InChI=1S/C91H130N12O19/c1-60-13-8-7-9-14-62(3)79(112-6)55-72-15-12-17-78(119-72)83(107)86(108)102-35-11-10-16-74(102)87(109)120-70(25-18-61(2)52-64(5)76(105)56-75(104)63(4)51-60)26-20-65-21-27-71(28-22-65)121-90(111)100-37-32-91(94,33-38-100)88(110)95-34-40-114-42-44-116-46-48-118-50-49-117-47-45-115-43-41-113-39-31-80(106)101-36-30-67-53-66(19-23-69(67)58-101)57-103-85-81(84(92)96-59-97-85)82(99-103)68-24-29-77-73(54-68)98-89(93)122-77/h7-9,13-14,19,23-24,29,52-54,59-61,63,65,70-72,74,76,78-79,105H,10-12,15-18,20-22,25-28,30-51,55-58,94H2,1-6H3,(H2,93,98)(H,95,110)(H2,92,96,97)/b9-7?,13-8+,62-14?,64-52+/t60-,61+,63-,65?,70+,71?,72?,74+,76+,78?,79+/m1/s1. The first-order chi connectivity index (χ1) is 59.0. The first kappa shape index (κ1) is 93.8. The van der Waals surface area contributed by atoms with E-state index in [1.54, 1.807) is 18.1 Å². The highest BCUT2D eigenvalue weighted by Crippen LogP contribution is 2.37. The number of oxazole rings is 1. The number of nitrogens with one attached hydrogen (secondary N) is 1. The average molecular weight is 1700 g/mol. The lowest BCUT2D eigenvalue weighted by Crippen LogP contribution is -2.60. The Morgan fingerprint density at radius 3 is 2.14 bits per heavy atom. The van der Waals surface area contributed by atoms with E-state index >= 15 is 0 Å². The summed E-state index contributed by atoms with van der Waals surface area (Å²) in [5.74, 6) is -1.67. The summed E-state index contributed by atoms with van der Waals surface area (Å²) in [4.78, 5) is 114. The number of aliphatic hydroxyl groups excluding tert-OH is 1. The quantitative estimate of drug-likeness (QED) is 0.0123. The number of likely N-dealkylation sites (tertiary alicyclic amines) is 1. The number of fused-ring (bicyclic) bond motifs is 6. The van der Waals surface area contributed by atoms with Gasteiger partial charge in [-0.3, -0.25) is 24.0 Å². The second kappa shape index (κ2) is 47.3. The van der Waals surface area contributed by atoms with Crippen molar-refractivity contribution in [3.8, 4) is 11.3 Å². The van der Waals surface area contributed by atoms with Crippen molar-refractivity contribution < 1.29 is 90.5 Å². The molecule has 0 radical (unpaired) electrons. The summed E-state index contributed by atoms with van der Waals surface area (Å²) in [5.41, 5.74) is 25.9. The number of hydrogen-bond acceptors (Lipinski definition) is 26. The fourth-order valence-electron chi connectivity index (χ4n) is 17.2. The van der Waals surface area contributed by atoms with Gasteiger partial charge in [-0.2, -0.15) is 10.1 Å². The molecule has 0 spiro atoms.